The monoisotopic (exact) mass is 231 g/mol. The Balaban J connectivity index is 1.82. The average Bonchev–Trinajstić information content (AvgIpc) is 2.90. The van der Waals surface area contributed by atoms with Crippen LogP contribution in [0, 0.1) is 0 Å². The van der Waals surface area contributed by atoms with Gasteiger partial charge in [0.25, 0.3) is 11.8 Å². The van der Waals surface area contributed by atoms with Gasteiger partial charge >= 0.3 is 0 Å². The molecule has 1 aromatic rings. The second-order valence-corrected chi connectivity index (χ2v) is 3.78. The van der Waals surface area contributed by atoms with Gasteiger partial charge in [-0.2, -0.15) is 0 Å². The minimum Gasteiger partial charge on any atom is -0.454 e. The number of amides is 2. The van der Waals surface area contributed by atoms with Crippen molar-refractivity contribution in [2.24, 2.45) is 0 Å². The third-order valence-electron chi connectivity index (χ3n) is 2.68. The van der Waals surface area contributed by atoms with Gasteiger partial charge in [0.2, 0.25) is 6.79 Å². The zero-order valence-electron chi connectivity index (χ0n) is 8.88. The standard InChI is InChI=1S/C12H9NO4/c14-11-3-4-12(15)13(11)6-8-1-2-9-10(5-8)17-7-16-9/h1-5H,6-7H2. The van der Waals surface area contributed by atoms with Crippen molar-refractivity contribution in [1.29, 1.82) is 0 Å². The van der Waals surface area contributed by atoms with Gasteiger partial charge in [0.1, 0.15) is 0 Å². The molecule has 0 radical (unpaired) electrons. The molecule has 2 aliphatic rings. The number of carbonyl (C=O) groups is 2. The molecule has 86 valence electrons. The molecule has 0 saturated carbocycles. The quantitative estimate of drug-likeness (QED) is 0.708. The number of hydrogen-bond donors (Lipinski definition) is 0. The highest BCUT2D eigenvalue weighted by molar-refractivity contribution is 6.12. The van der Waals surface area contributed by atoms with Crippen molar-refractivity contribution in [3.63, 3.8) is 0 Å². The Bertz CT molecular complexity index is 517. The topological polar surface area (TPSA) is 55.8 Å². The highest BCUT2D eigenvalue weighted by atomic mass is 16.7. The van der Waals surface area contributed by atoms with Crippen LogP contribution in [-0.4, -0.2) is 23.5 Å². The van der Waals surface area contributed by atoms with Crippen molar-refractivity contribution in [2.45, 2.75) is 6.54 Å². The number of rotatable bonds is 2. The average molecular weight is 231 g/mol. The van der Waals surface area contributed by atoms with Crippen LogP contribution in [0.1, 0.15) is 5.56 Å². The molecular formula is C12H9NO4. The molecule has 0 spiro atoms. The summed E-state index contributed by atoms with van der Waals surface area (Å²) in [6, 6.07) is 5.36. The van der Waals surface area contributed by atoms with Gasteiger partial charge < -0.3 is 9.47 Å². The number of hydrogen-bond acceptors (Lipinski definition) is 4. The third-order valence-corrected chi connectivity index (χ3v) is 2.68. The summed E-state index contributed by atoms with van der Waals surface area (Å²) in [7, 11) is 0. The maximum Gasteiger partial charge on any atom is 0.253 e. The van der Waals surface area contributed by atoms with E-state index >= 15 is 0 Å². The van der Waals surface area contributed by atoms with E-state index in [1.54, 1.807) is 12.1 Å². The van der Waals surface area contributed by atoms with Gasteiger partial charge in [-0.3, -0.25) is 14.5 Å². The second-order valence-electron chi connectivity index (χ2n) is 3.78. The lowest BCUT2D eigenvalue weighted by molar-refractivity contribution is -0.137. The molecule has 3 rings (SSSR count). The molecule has 0 saturated heterocycles. The Kier molecular flexibility index (Phi) is 2.11. The van der Waals surface area contributed by atoms with E-state index in [1.165, 1.54) is 17.1 Å². The van der Waals surface area contributed by atoms with E-state index in [-0.39, 0.29) is 25.2 Å². The van der Waals surface area contributed by atoms with Crippen LogP contribution < -0.4 is 9.47 Å². The van der Waals surface area contributed by atoms with Gasteiger partial charge in [0, 0.05) is 12.2 Å². The third kappa shape index (κ3) is 1.65. The first-order valence-electron chi connectivity index (χ1n) is 5.16. The van der Waals surface area contributed by atoms with Crippen LogP contribution >= 0.6 is 0 Å². The summed E-state index contributed by atoms with van der Waals surface area (Å²) in [4.78, 5) is 23.9. The molecule has 0 atom stereocenters. The molecule has 0 aliphatic carbocycles. The van der Waals surface area contributed by atoms with Crippen molar-refractivity contribution in [1.82, 2.24) is 4.90 Å². The molecule has 5 nitrogen and oxygen atoms in total. The molecular weight excluding hydrogens is 222 g/mol. The lowest BCUT2D eigenvalue weighted by Gasteiger charge is -2.13. The van der Waals surface area contributed by atoms with Crippen molar-refractivity contribution in [3.8, 4) is 11.5 Å². The van der Waals surface area contributed by atoms with Crippen LogP contribution in [0.3, 0.4) is 0 Å². The first-order chi connectivity index (χ1) is 8.24. The van der Waals surface area contributed by atoms with Crippen LogP contribution in [0.25, 0.3) is 0 Å². The summed E-state index contributed by atoms with van der Waals surface area (Å²) in [6.45, 7) is 0.462. The number of imide groups is 1. The number of nitrogens with zero attached hydrogens (tertiary/aromatic N) is 1. The molecule has 0 fully saturated rings. The molecule has 0 unspecified atom stereocenters. The van der Waals surface area contributed by atoms with Gasteiger partial charge in [-0.1, -0.05) is 6.07 Å². The van der Waals surface area contributed by atoms with E-state index < -0.39 is 0 Å². The predicted octanol–water partition coefficient (Wildman–Crippen LogP) is 0.840. The summed E-state index contributed by atoms with van der Waals surface area (Å²) < 4.78 is 10.4. The van der Waals surface area contributed by atoms with E-state index in [0.29, 0.717) is 11.5 Å². The number of fused-ring (bicyclic) bond motifs is 1. The van der Waals surface area contributed by atoms with Gasteiger partial charge in [-0.25, -0.2) is 0 Å². The second kappa shape index (κ2) is 3.62. The van der Waals surface area contributed by atoms with Gasteiger partial charge in [-0.05, 0) is 17.7 Å². The van der Waals surface area contributed by atoms with Crippen LogP contribution in [0.15, 0.2) is 30.4 Å². The van der Waals surface area contributed by atoms with E-state index in [4.69, 9.17) is 9.47 Å². The molecule has 2 amide bonds. The number of ether oxygens (including phenoxy) is 2. The molecule has 0 bridgehead atoms. The Morgan fingerprint density at radius 2 is 1.76 bits per heavy atom. The van der Waals surface area contributed by atoms with E-state index in [0.717, 1.165) is 5.56 Å². The Labute approximate surface area is 97.2 Å². The van der Waals surface area contributed by atoms with Crippen LogP contribution in [0.4, 0.5) is 0 Å². The molecule has 0 N–H and O–H groups in total. The summed E-state index contributed by atoms with van der Waals surface area (Å²) in [5.74, 6) is 0.765. The van der Waals surface area contributed by atoms with Crippen LogP contribution in [0.2, 0.25) is 0 Å². The smallest absolute Gasteiger partial charge is 0.253 e. The minimum absolute atomic E-state index is 0.210. The zero-order chi connectivity index (χ0) is 11.8. The number of carbonyl (C=O) groups excluding carboxylic acids is 2. The predicted molar refractivity (Wildman–Crippen MR) is 57.3 cm³/mol. The van der Waals surface area contributed by atoms with E-state index in [1.807, 2.05) is 6.07 Å². The molecule has 2 heterocycles. The highest BCUT2D eigenvalue weighted by Crippen LogP contribution is 2.32. The largest absolute Gasteiger partial charge is 0.454 e. The zero-order valence-corrected chi connectivity index (χ0v) is 8.88. The lowest BCUT2D eigenvalue weighted by atomic mass is 10.2. The summed E-state index contributed by atoms with van der Waals surface area (Å²) in [6.07, 6.45) is 2.55. The normalized spacial score (nSPS) is 17.1. The maximum atomic E-state index is 11.4. The molecule has 5 heteroatoms. The summed E-state index contributed by atoms with van der Waals surface area (Å²) in [5, 5.41) is 0. The van der Waals surface area contributed by atoms with E-state index in [2.05, 4.69) is 0 Å². The molecule has 0 aromatic heterocycles. The Hall–Kier alpha value is -2.30. The van der Waals surface area contributed by atoms with Crippen LogP contribution in [0.5, 0.6) is 11.5 Å². The first kappa shape index (κ1) is 9.89. The van der Waals surface area contributed by atoms with Crippen molar-refractivity contribution >= 4 is 11.8 Å². The Morgan fingerprint density at radius 3 is 2.53 bits per heavy atom. The van der Waals surface area contributed by atoms with Crippen molar-refractivity contribution in [2.75, 3.05) is 6.79 Å². The SMILES string of the molecule is O=C1C=CC(=O)N1Cc1ccc2c(c1)OCO2. The van der Waals surface area contributed by atoms with Gasteiger partial charge in [0.05, 0.1) is 6.54 Å². The van der Waals surface area contributed by atoms with Crippen molar-refractivity contribution in [3.05, 3.63) is 35.9 Å². The van der Waals surface area contributed by atoms with Crippen LogP contribution in [-0.2, 0) is 16.1 Å². The summed E-state index contributed by atoms with van der Waals surface area (Å²) in [5.41, 5.74) is 0.833. The minimum atomic E-state index is -0.285. The Morgan fingerprint density at radius 1 is 1.06 bits per heavy atom. The van der Waals surface area contributed by atoms with Crippen molar-refractivity contribution < 1.29 is 19.1 Å². The maximum absolute atomic E-state index is 11.4. The molecule has 2 aliphatic heterocycles. The molecule has 17 heavy (non-hydrogen) atoms. The highest BCUT2D eigenvalue weighted by Gasteiger charge is 2.24. The van der Waals surface area contributed by atoms with Gasteiger partial charge in [0.15, 0.2) is 11.5 Å². The number of benzene rings is 1. The van der Waals surface area contributed by atoms with Gasteiger partial charge in [-0.15, -0.1) is 0 Å². The first-order valence-corrected chi connectivity index (χ1v) is 5.16. The van der Waals surface area contributed by atoms with E-state index in [9.17, 15) is 9.59 Å². The fourth-order valence-electron chi connectivity index (χ4n) is 1.81. The lowest BCUT2D eigenvalue weighted by Crippen LogP contribution is -2.29. The molecule has 1 aromatic carbocycles. The fourth-order valence-corrected chi connectivity index (χ4v) is 1.81. The summed E-state index contributed by atoms with van der Waals surface area (Å²) >= 11 is 0. The fraction of sp³-hybridized carbons (Fsp3) is 0.167.